The number of alkyl carbamates (subject to hydrolysis) is 1. The fraction of sp³-hybridized carbons (Fsp3) is 0.417. The van der Waals surface area contributed by atoms with E-state index in [1.165, 1.54) is 13.0 Å². The molecule has 20 heavy (non-hydrogen) atoms. The molecular formula is C12H16N2O6. The summed E-state index contributed by atoms with van der Waals surface area (Å²) >= 11 is 0. The quantitative estimate of drug-likeness (QED) is 0.422. The maximum atomic E-state index is 11.2. The average Bonchev–Trinajstić information content (AvgIpc) is 2.80. The van der Waals surface area contributed by atoms with E-state index in [0.29, 0.717) is 11.3 Å². The third kappa shape index (κ3) is 5.89. The summed E-state index contributed by atoms with van der Waals surface area (Å²) in [7, 11) is 0. The van der Waals surface area contributed by atoms with Gasteiger partial charge in [-0.15, -0.1) is 0 Å². The lowest BCUT2D eigenvalue weighted by Crippen LogP contribution is -2.28. The molecule has 8 heteroatoms. The van der Waals surface area contributed by atoms with Crippen molar-refractivity contribution in [1.82, 2.24) is 5.32 Å². The molecule has 0 saturated carbocycles. The van der Waals surface area contributed by atoms with Crippen molar-refractivity contribution < 1.29 is 28.5 Å². The van der Waals surface area contributed by atoms with Crippen molar-refractivity contribution >= 4 is 18.1 Å². The highest BCUT2D eigenvalue weighted by Gasteiger charge is 2.14. The molecule has 0 spiro atoms. The Morgan fingerprint density at radius 2 is 2.25 bits per heavy atom. The summed E-state index contributed by atoms with van der Waals surface area (Å²) < 4.78 is 19.1. The Morgan fingerprint density at radius 1 is 1.50 bits per heavy atom. The van der Waals surface area contributed by atoms with Crippen molar-refractivity contribution in [3.8, 4) is 0 Å². The second kappa shape index (κ2) is 7.82. The van der Waals surface area contributed by atoms with Gasteiger partial charge in [-0.25, -0.2) is 15.0 Å². The smallest absolute Gasteiger partial charge is 0.407 e. The third-order valence-corrected chi connectivity index (χ3v) is 2.05. The molecule has 0 unspecified atom stereocenters. The van der Waals surface area contributed by atoms with E-state index in [0.717, 1.165) is 0 Å². The minimum atomic E-state index is -0.651. The highest BCUT2D eigenvalue weighted by molar-refractivity contribution is 5.86. The van der Waals surface area contributed by atoms with Gasteiger partial charge in [0.15, 0.2) is 6.61 Å². The maximum absolute atomic E-state index is 11.2. The largest absolute Gasteiger partial charge is 0.460 e. The van der Waals surface area contributed by atoms with Crippen LogP contribution in [0.5, 0.6) is 0 Å². The van der Waals surface area contributed by atoms with Crippen molar-refractivity contribution in [2.75, 3.05) is 26.4 Å². The molecule has 8 nitrogen and oxygen atoms in total. The first-order chi connectivity index (χ1) is 9.49. The Labute approximate surface area is 115 Å². The Morgan fingerprint density at radius 3 is 2.85 bits per heavy atom. The summed E-state index contributed by atoms with van der Waals surface area (Å²) in [5.41, 5.74) is 0.295. The predicted octanol–water partition coefficient (Wildman–Crippen LogP) is 0.697. The van der Waals surface area contributed by atoms with Crippen LogP contribution in [0.15, 0.2) is 24.0 Å². The molecule has 0 aromatic rings. The second-order valence-electron chi connectivity index (χ2n) is 3.79. The summed E-state index contributed by atoms with van der Waals surface area (Å²) in [4.78, 5) is 22.2. The van der Waals surface area contributed by atoms with Gasteiger partial charge in [-0.2, -0.15) is 0 Å². The summed E-state index contributed by atoms with van der Waals surface area (Å²) in [6.07, 6.45) is 0.560. The molecule has 0 aromatic heterocycles. The van der Waals surface area contributed by atoms with Crippen LogP contribution in [-0.2, 0) is 23.7 Å². The number of ether oxygens (including phenoxy) is 4. The highest BCUT2D eigenvalue weighted by atomic mass is 16.7. The number of nitrogens with one attached hydrogen (secondary N) is 2. The predicted molar refractivity (Wildman–Crippen MR) is 68.0 cm³/mol. The molecule has 1 aliphatic heterocycles. The summed E-state index contributed by atoms with van der Waals surface area (Å²) in [5, 5.41) is 9.42. The first kappa shape index (κ1) is 15.5. The van der Waals surface area contributed by atoms with Crippen molar-refractivity contribution in [3.05, 3.63) is 24.0 Å². The zero-order chi connectivity index (χ0) is 15.0. The molecule has 0 bridgehead atoms. The van der Waals surface area contributed by atoms with Crippen LogP contribution >= 0.6 is 0 Å². The molecule has 1 heterocycles. The molecule has 1 amide bonds. The lowest BCUT2D eigenvalue weighted by molar-refractivity contribution is -0.138. The van der Waals surface area contributed by atoms with E-state index in [9.17, 15) is 9.59 Å². The average molecular weight is 284 g/mol. The van der Waals surface area contributed by atoms with Crippen molar-refractivity contribution in [3.63, 3.8) is 0 Å². The van der Waals surface area contributed by atoms with Crippen LogP contribution in [0.1, 0.15) is 6.92 Å². The SMILES string of the molecule is C=C(C)C(=O)OCCNC(=O)OC/C=C1/COC(=N)O1. The van der Waals surface area contributed by atoms with Gasteiger partial charge in [0.05, 0.1) is 6.54 Å². The Balaban J connectivity index is 2.07. The fourth-order valence-electron chi connectivity index (χ4n) is 1.10. The standard InChI is InChI=1S/C12H16N2O6/c1-8(2)10(15)17-6-4-14-12(16)18-5-3-9-7-19-11(13)20-9/h3,13H,1,4-7H2,2H3,(H,14,16)/b9-3-,13-11?. The lowest BCUT2D eigenvalue weighted by atomic mass is 10.4. The Kier molecular flexibility index (Phi) is 6.08. The van der Waals surface area contributed by atoms with Gasteiger partial charge in [0.1, 0.15) is 19.0 Å². The van der Waals surface area contributed by atoms with E-state index in [4.69, 9.17) is 24.4 Å². The number of hydrogen-bond acceptors (Lipinski definition) is 7. The number of amides is 1. The number of carbonyl (C=O) groups excluding carboxylic acids is 2. The molecule has 1 rings (SSSR count). The zero-order valence-electron chi connectivity index (χ0n) is 11.1. The van der Waals surface area contributed by atoms with Crippen LogP contribution in [-0.4, -0.2) is 44.5 Å². The van der Waals surface area contributed by atoms with Crippen LogP contribution in [0.4, 0.5) is 4.79 Å². The number of carbonyl (C=O) groups is 2. The van der Waals surface area contributed by atoms with Gasteiger partial charge in [-0.3, -0.25) is 0 Å². The number of esters is 1. The summed E-state index contributed by atoms with van der Waals surface area (Å²) in [6.45, 7) is 5.27. The molecule has 0 aromatic carbocycles. The van der Waals surface area contributed by atoms with E-state index in [1.807, 2.05) is 0 Å². The van der Waals surface area contributed by atoms with E-state index >= 15 is 0 Å². The molecule has 0 aliphatic carbocycles. The monoisotopic (exact) mass is 284 g/mol. The molecule has 0 atom stereocenters. The number of hydrogen-bond donors (Lipinski definition) is 2. The lowest BCUT2D eigenvalue weighted by Gasteiger charge is -2.06. The zero-order valence-corrected chi connectivity index (χ0v) is 11.1. The van der Waals surface area contributed by atoms with Crippen molar-refractivity contribution in [2.45, 2.75) is 6.92 Å². The minimum absolute atomic E-state index is 0.0106. The van der Waals surface area contributed by atoms with E-state index < -0.39 is 12.1 Å². The number of rotatable bonds is 6. The van der Waals surface area contributed by atoms with Gasteiger partial charge in [-0.1, -0.05) is 6.58 Å². The molecule has 1 aliphatic rings. The maximum Gasteiger partial charge on any atom is 0.407 e. The molecule has 1 fully saturated rings. The molecular weight excluding hydrogens is 268 g/mol. The van der Waals surface area contributed by atoms with Gasteiger partial charge < -0.3 is 24.3 Å². The fourth-order valence-corrected chi connectivity index (χ4v) is 1.10. The molecule has 2 N–H and O–H groups in total. The van der Waals surface area contributed by atoms with Gasteiger partial charge in [0.25, 0.3) is 0 Å². The van der Waals surface area contributed by atoms with Crippen LogP contribution in [0.2, 0.25) is 0 Å². The van der Waals surface area contributed by atoms with Crippen LogP contribution < -0.4 is 5.32 Å². The van der Waals surface area contributed by atoms with Crippen molar-refractivity contribution in [2.24, 2.45) is 0 Å². The van der Waals surface area contributed by atoms with E-state index in [-0.39, 0.29) is 32.4 Å². The molecule has 110 valence electrons. The second-order valence-corrected chi connectivity index (χ2v) is 3.79. The topological polar surface area (TPSA) is 107 Å². The first-order valence-corrected chi connectivity index (χ1v) is 5.80. The summed E-state index contributed by atoms with van der Waals surface area (Å²) in [5.74, 6) is -0.0936. The molecule has 1 saturated heterocycles. The van der Waals surface area contributed by atoms with Crippen LogP contribution in [0.3, 0.4) is 0 Å². The van der Waals surface area contributed by atoms with Crippen LogP contribution in [0.25, 0.3) is 0 Å². The molecule has 0 radical (unpaired) electrons. The minimum Gasteiger partial charge on any atom is -0.460 e. The van der Waals surface area contributed by atoms with Crippen LogP contribution in [0, 0.1) is 5.41 Å². The van der Waals surface area contributed by atoms with Gasteiger partial charge in [-0.05, 0) is 13.0 Å². The first-order valence-electron chi connectivity index (χ1n) is 5.80. The Hall–Kier alpha value is -2.51. The van der Waals surface area contributed by atoms with Gasteiger partial charge in [0, 0.05) is 5.57 Å². The van der Waals surface area contributed by atoms with Gasteiger partial charge >= 0.3 is 18.1 Å². The summed E-state index contributed by atoms with van der Waals surface area (Å²) in [6, 6.07) is 0. The van der Waals surface area contributed by atoms with E-state index in [2.05, 4.69) is 11.9 Å². The van der Waals surface area contributed by atoms with Gasteiger partial charge in [0.2, 0.25) is 0 Å². The highest BCUT2D eigenvalue weighted by Crippen LogP contribution is 2.08. The third-order valence-electron chi connectivity index (χ3n) is 2.05. The van der Waals surface area contributed by atoms with Crippen molar-refractivity contribution in [1.29, 1.82) is 5.41 Å². The normalized spacial score (nSPS) is 15.2. The van der Waals surface area contributed by atoms with E-state index in [1.54, 1.807) is 0 Å². The Bertz CT molecular complexity index is 443.